The third-order valence-corrected chi connectivity index (χ3v) is 7.35. The SMILES string of the molecule is O=C(NCc1ccc(N2CC[C@@](c3cc(Cl)c(Cl)c(Cl)c3)(C(F)(F)F)C2)cc1F)C1CC1. The minimum atomic E-state index is -4.59. The molecule has 1 aliphatic carbocycles. The molecular formula is C22H19Cl3F4N2O. The quantitative estimate of drug-likeness (QED) is 0.367. The number of halogens is 7. The van der Waals surface area contributed by atoms with Crippen LogP contribution in [-0.4, -0.2) is 25.2 Å². The molecule has 0 aromatic heterocycles. The van der Waals surface area contributed by atoms with Crippen LogP contribution in [0.15, 0.2) is 30.3 Å². The predicted octanol–water partition coefficient (Wildman–Crippen LogP) is 6.52. The number of amides is 1. The lowest BCUT2D eigenvalue weighted by Gasteiger charge is -2.33. The highest BCUT2D eigenvalue weighted by Crippen LogP contribution is 2.50. The molecule has 1 aliphatic heterocycles. The zero-order chi connectivity index (χ0) is 23.3. The summed E-state index contributed by atoms with van der Waals surface area (Å²) in [5.41, 5.74) is -1.69. The van der Waals surface area contributed by atoms with Crippen LogP contribution < -0.4 is 10.2 Å². The van der Waals surface area contributed by atoms with Crippen LogP contribution in [0.4, 0.5) is 23.2 Å². The Bertz CT molecular complexity index is 1030. The van der Waals surface area contributed by atoms with Crippen LogP contribution in [0, 0.1) is 11.7 Å². The van der Waals surface area contributed by atoms with Gasteiger partial charge in [-0.1, -0.05) is 40.9 Å². The van der Waals surface area contributed by atoms with Crippen LogP contribution in [0.5, 0.6) is 0 Å². The first-order chi connectivity index (χ1) is 15.0. The summed E-state index contributed by atoms with van der Waals surface area (Å²) in [6, 6.07) is 6.64. The summed E-state index contributed by atoms with van der Waals surface area (Å²) in [5, 5.41) is 2.57. The normalized spacial score (nSPS) is 21.2. The van der Waals surface area contributed by atoms with Gasteiger partial charge >= 0.3 is 6.18 Å². The van der Waals surface area contributed by atoms with Gasteiger partial charge < -0.3 is 10.2 Å². The van der Waals surface area contributed by atoms with Gasteiger partial charge in [0.25, 0.3) is 0 Å². The molecule has 2 aliphatic rings. The Hall–Kier alpha value is -1.70. The number of nitrogens with zero attached hydrogens (tertiary/aromatic N) is 1. The molecule has 0 unspecified atom stereocenters. The van der Waals surface area contributed by atoms with Gasteiger partial charge in [-0.2, -0.15) is 13.2 Å². The third-order valence-electron chi connectivity index (χ3n) is 6.15. The molecule has 1 saturated carbocycles. The monoisotopic (exact) mass is 508 g/mol. The van der Waals surface area contributed by atoms with Crippen molar-refractivity contribution in [2.45, 2.75) is 37.4 Å². The molecule has 2 aromatic rings. The van der Waals surface area contributed by atoms with Crippen LogP contribution in [-0.2, 0) is 16.8 Å². The molecule has 32 heavy (non-hydrogen) atoms. The molecular weight excluding hydrogens is 491 g/mol. The molecule has 1 N–H and O–H groups in total. The number of rotatable bonds is 5. The van der Waals surface area contributed by atoms with Crippen molar-refractivity contribution in [1.29, 1.82) is 0 Å². The van der Waals surface area contributed by atoms with E-state index in [1.807, 2.05) is 0 Å². The van der Waals surface area contributed by atoms with Crippen molar-refractivity contribution in [3.63, 3.8) is 0 Å². The predicted molar refractivity (Wildman–Crippen MR) is 117 cm³/mol. The van der Waals surface area contributed by atoms with E-state index in [1.165, 1.54) is 29.2 Å². The average Bonchev–Trinajstić information content (AvgIpc) is 3.47. The Kier molecular flexibility index (Phi) is 6.29. The van der Waals surface area contributed by atoms with Crippen LogP contribution in [0.2, 0.25) is 15.1 Å². The lowest BCUT2D eigenvalue weighted by atomic mass is 9.79. The second-order valence-corrected chi connectivity index (χ2v) is 9.47. The second kappa shape index (κ2) is 8.58. The summed E-state index contributed by atoms with van der Waals surface area (Å²) < 4.78 is 57.5. The maximum atomic E-state index is 14.6. The molecule has 0 spiro atoms. The largest absolute Gasteiger partial charge is 0.400 e. The Labute approximate surface area is 197 Å². The molecule has 2 fully saturated rings. The maximum absolute atomic E-state index is 14.6. The van der Waals surface area contributed by atoms with Gasteiger partial charge in [0.2, 0.25) is 5.91 Å². The van der Waals surface area contributed by atoms with E-state index in [0.717, 1.165) is 12.8 Å². The zero-order valence-corrected chi connectivity index (χ0v) is 19.0. The maximum Gasteiger partial charge on any atom is 0.400 e. The van der Waals surface area contributed by atoms with Gasteiger partial charge in [-0.15, -0.1) is 0 Å². The van der Waals surface area contributed by atoms with E-state index >= 15 is 0 Å². The Morgan fingerprint density at radius 1 is 1.12 bits per heavy atom. The number of carbonyl (C=O) groups excluding carboxylic acids is 1. The van der Waals surface area contributed by atoms with Crippen LogP contribution in [0.3, 0.4) is 0 Å². The summed E-state index contributed by atoms with van der Waals surface area (Å²) in [4.78, 5) is 13.2. The number of carbonyl (C=O) groups is 1. The number of hydrogen-bond donors (Lipinski definition) is 1. The van der Waals surface area contributed by atoms with Crippen molar-refractivity contribution >= 4 is 46.4 Å². The van der Waals surface area contributed by atoms with Gasteiger partial charge in [0, 0.05) is 36.8 Å². The van der Waals surface area contributed by atoms with Gasteiger partial charge in [0.15, 0.2) is 0 Å². The highest BCUT2D eigenvalue weighted by Gasteiger charge is 2.59. The topological polar surface area (TPSA) is 32.3 Å². The molecule has 10 heteroatoms. The molecule has 1 saturated heterocycles. The molecule has 1 heterocycles. The average molecular weight is 510 g/mol. The van der Waals surface area contributed by atoms with Gasteiger partial charge in [-0.05, 0) is 49.1 Å². The zero-order valence-electron chi connectivity index (χ0n) is 16.7. The molecule has 172 valence electrons. The fourth-order valence-corrected chi connectivity index (χ4v) is 4.64. The molecule has 0 radical (unpaired) electrons. The fourth-order valence-electron chi connectivity index (χ4n) is 4.04. The fraction of sp³-hybridized carbons (Fsp3) is 0.409. The van der Waals surface area contributed by atoms with Gasteiger partial charge in [0.1, 0.15) is 11.2 Å². The van der Waals surface area contributed by atoms with Crippen molar-refractivity contribution in [3.8, 4) is 0 Å². The van der Waals surface area contributed by atoms with E-state index in [0.29, 0.717) is 5.69 Å². The van der Waals surface area contributed by atoms with Crippen molar-refractivity contribution in [2.75, 3.05) is 18.0 Å². The summed E-state index contributed by atoms with van der Waals surface area (Å²) in [7, 11) is 0. The van der Waals surface area contributed by atoms with Gasteiger partial charge in [-0.3, -0.25) is 4.79 Å². The molecule has 4 rings (SSSR count). The number of hydrogen-bond acceptors (Lipinski definition) is 2. The van der Waals surface area contributed by atoms with Crippen molar-refractivity contribution in [1.82, 2.24) is 5.32 Å². The Balaban J connectivity index is 1.57. The van der Waals surface area contributed by atoms with E-state index in [2.05, 4.69) is 5.32 Å². The first-order valence-corrected chi connectivity index (χ1v) is 11.2. The molecule has 1 atom stereocenters. The van der Waals surface area contributed by atoms with Gasteiger partial charge in [0.05, 0.1) is 15.1 Å². The molecule has 1 amide bonds. The molecule has 3 nitrogen and oxygen atoms in total. The summed E-state index contributed by atoms with van der Waals surface area (Å²) in [5.74, 6) is -0.684. The molecule has 0 bridgehead atoms. The van der Waals surface area contributed by atoms with E-state index in [1.54, 1.807) is 6.07 Å². The summed E-state index contributed by atoms with van der Waals surface area (Å²) in [6.45, 7) is -0.313. The van der Waals surface area contributed by atoms with Gasteiger partial charge in [-0.25, -0.2) is 4.39 Å². The van der Waals surface area contributed by atoms with Crippen molar-refractivity contribution in [3.05, 3.63) is 62.3 Å². The van der Waals surface area contributed by atoms with Crippen LogP contribution in [0.1, 0.15) is 30.4 Å². The standard InChI is InChI=1S/C22H19Cl3F4N2O/c23-16-7-14(8-17(24)19(16)25)21(22(27,28)29)5-6-31(11-21)15-4-3-13(18(26)9-15)10-30-20(32)12-1-2-12/h3-4,7-9,12H,1-2,5-6,10-11H2,(H,30,32)/t21-/m1/s1. The first kappa shape index (κ1) is 23.5. The van der Waals surface area contributed by atoms with E-state index in [4.69, 9.17) is 34.8 Å². The minimum absolute atomic E-state index is 0.00398. The van der Waals surface area contributed by atoms with Crippen LogP contribution >= 0.6 is 34.8 Å². The smallest absolute Gasteiger partial charge is 0.370 e. The first-order valence-electron chi connectivity index (χ1n) is 10.0. The van der Waals surface area contributed by atoms with E-state index in [-0.39, 0.29) is 57.5 Å². The number of anilines is 1. The molecule has 2 aromatic carbocycles. The minimum Gasteiger partial charge on any atom is -0.370 e. The number of benzene rings is 2. The summed E-state index contributed by atoms with van der Waals surface area (Å²) in [6.07, 6.45) is -3.15. The Morgan fingerprint density at radius 2 is 1.78 bits per heavy atom. The highest BCUT2D eigenvalue weighted by molar-refractivity contribution is 6.48. The van der Waals surface area contributed by atoms with Crippen molar-refractivity contribution in [2.24, 2.45) is 5.92 Å². The van der Waals surface area contributed by atoms with E-state index < -0.39 is 24.0 Å². The van der Waals surface area contributed by atoms with Crippen molar-refractivity contribution < 1.29 is 22.4 Å². The van der Waals surface area contributed by atoms with E-state index in [9.17, 15) is 22.4 Å². The number of nitrogens with one attached hydrogen (secondary N) is 1. The second-order valence-electron chi connectivity index (χ2n) is 8.27. The third kappa shape index (κ3) is 4.39. The Morgan fingerprint density at radius 3 is 2.34 bits per heavy atom. The van der Waals surface area contributed by atoms with Crippen LogP contribution in [0.25, 0.3) is 0 Å². The lowest BCUT2D eigenvalue weighted by molar-refractivity contribution is -0.184. The number of alkyl halides is 3. The summed E-state index contributed by atoms with van der Waals surface area (Å²) >= 11 is 17.9. The lowest BCUT2D eigenvalue weighted by Crippen LogP contribution is -2.45. The highest BCUT2D eigenvalue weighted by atomic mass is 35.5.